The summed E-state index contributed by atoms with van der Waals surface area (Å²) in [4.78, 5) is 0. The summed E-state index contributed by atoms with van der Waals surface area (Å²) in [6.45, 7) is 6.45. The lowest BCUT2D eigenvalue weighted by molar-refractivity contribution is -0.0781. The zero-order valence-electron chi connectivity index (χ0n) is 11.4. The first kappa shape index (κ1) is 14.9. The average Bonchev–Trinajstić information content (AvgIpc) is 2.30. The molecule has 4 nitrogen and oxygen atoms in total. The van der Waals surface area contributed by atoms with Gasteiger partial charge in [-0.25, -0.2) is 0 Å². The quantitative estimate of drug-likeness (QED) is 0.710. The second kappa shape index (κ2) is 7.31. The Labute approximate surface area is 105 Å². The second-order valence-corrected chi connectivity index (χ2v) is 5.19. The molecule has 0 aromatic carbocycles. The molecule has 1 aliphatic heterocycles. The molecule has 2 N–H and O–H groups in total. The van der Waals surface area contributed by atoms with E-state index in [0.29, 0.717) is 12.6 Å². The largest absolute Gasteiger partial charge is 0.391 e. The number of aliphatic hydroxyl groups excluding tert-OH is 1. The first-order valence-corrected chi connectivity index (χ1v) is 6.64. The second-order valence-electron chi connectivity index (χ2n) is 5.19. The minimum Gasteiger partial charge on any atom is -0.391 e. The van der Waals surface area contributed by atoms with E-state index in [1.54, 1.807) is 7.11 Å². The van der Waals surface area contributed by atoms with Crippen molar-refractivity contribution < 1.29 is 14.6 Å². The number of rotatable bonds is 7. The summed E-state index contributed by atoms with van der Waals surface area (Å²) in [5, 5.41) is 13.0. The van der Waals surface area contributed by atoms with Crippen LogP contribution in [0.15, 0.2) is 0 Å². The Balaban J connectivity index is 2.19. The van der Waals surface area contributed by atoms with Gasteiger partial charge in [-0.2, -0.15) is 0 Å². The van der Waals surface area contributed by atoms with Crippen molar-refractivity contribution >= 4 is 0 Å². The van der Waals surface area contributed by atoms with Crippen molar-refractivity contribution in [1.29, 1.82) is 0 Å². The van der Waals surface area contributed by atoms with Crippen molar-refractivity contribution in [3.05, 3.63) is 0 Å². The lowest BCUT2D eigenvalue weighted by Crippen LogP contribution is -2.45. The smallest absolute Gasteiger partial charge is 0.0785 e. The van der Waals surface area contributed by atoms with Gasteiger partial charge >= 0.3 is 0 Å². The maximum Gasteiger partial charge on any atom is 0.0785 e. The normalized spacial score (nSPS) is 31.4. The third-order valence-electron chi connectivity index (χ3n) is 3.61. The van der Waals surface area contributed by atoms with Gasteiger partial charge in [0.05, 0.1) is 18.3 Å². The van der Waals surface area contributed by atoms with E-state index in [4.69, 9.17) is 9.47 Å². The van der Waals surface area contributed by atoms with Crippen LogP contribution in [0.2, 0.25) is 0 Å². The van der Waals surface area contributed by atoms with Crippen LogP contribution < -0.4 is 5.32 Å². The minimum absolute atomic E-state index is 0.0288. The minimum atomic E-state index is -0.357. The molecule has 1 rings (SSSR count). The van der Waals surface area contributed by atoms with E-state index < -0.39 is 0 Å². The predicted octanol–water partition coefficient (Wildman–Crippen LogP) is 1.32. The molecule has 0 radical (unpaired) electrons. The fourth-order valence-corrected chi connectivity index (χ4v) is 2.28. The first-order valence-electron chi connectivity index (χ1n) is 6.64. The van der Waals surface area contributed by atoms with E-state index >= 15 is 0 Å². The first-order chi connectivity index (χ1) is 8.09. The fourth-order valence-electron chi connectivity index (χ4n) is 2.28. The summed E-state index contributed by atoms with van der Waals surface area (Å²) in [6, 6.07) is 0.517. The highest BCUT2D eigenvalue weighted by atomic mass is 16.5. The van der Waals surface area contributed by atoms with Gasteiger partial charge in [-0.15, -0.1) is 0 Å². The molecule has 102 valence electrons. The van der Waals surface area contributed by atoms with Crippen molar-refractivity contribution in [2.24, 2.45) is 0 Å². The molecule has 17 heavy (non-hydrogen) atoms. The molecule has 0 bridgehead atoms. The van der Waals surface area contributed by atoms with Crippen molar-refractivity contribution in [2.75, 3.05) is 26.9 Å². The number of hydrogen-bond acceptors (Lipinski definition) is 4. The summed E-state index contributed by atoms with van der Waals surface area (Å²) >= 11 is 0. The molecule has 0 saturated carbocycles. The Hall–Kier alpha value is -0.160. The molecule has 3 unspecified atom stereocenters. The van der Waals surface area contributed by atoms with Crippen LogP contribution in [0.3, 0.4) is 0 Å². The van der Waals surface area contributed by atoms with E-state index in [-0.39, 0.29) is 11.7 Å². The molecule has 0 spiro atoms. The van der Waals surface area contributed by atoms with Gasteiger partial charge in [0, 0.05) is 19.8 Å². The highest BCUT2D eigenvalue weighted by molar-refractivity contribution is 4.85. The van der Waals surface area contributed by atoms with Crippen molar-refractivity contribution in [2.45, 2.75) is 57.3 Å². The van der Waals surface area contributed by atoms with Gasteiger partial charge in [0.15, 0.2) is 0 Å². The lowest BCUT2D eigenvalue weighted by atomic mass is 9.90. The Morgan fingerprint density at radius 2 is 2.35 bits per heavy atom. The van der Waals surface area contributed by atoms with Crippen molar-refractivity contribution in [3.63, 3.8) is 0 Å². The number of methoxy groups -OCH3 is 1. The molecule has 3 atom stereocenters. The van der Waals surface area contributed by atoms with E-state index in [0.717, 1.165) is 38.8 Å². The summed E-state index contributed by atoms with van der Waals surface area (Å²) in [5.74, 6) is 0. The van der Waals surface area contributed by atoms with Crippen LogP contribution in [0.4, 0.5) is 0 Å². The summed E-state index contributed by atoms with van der Waals surface area (Å²) in [7, 11) is 1.61. The van der Waals surface area contributed by atoms with Gasteiger partial charge in [0.25, 0.3) is 0 Å². The van der Waals surface area contributed by atoms with Crippen LogP contribution in [0.5, 0.6) is 0 Å². The highest BCUT2D eigenvalue weighted by Gasteiger charge is 2.31. The van der Waals surface area contributed by atoms with E-state index in [9.17, 15) is 5.11 Å². The Bertz CT molecular complexity index is 213. The van der Waals surface area contributed by atoms with Crippen LogP contribution >= 0.6 is 0 Å². The third-order valence-corrected chi connectivity index (χ3v) is 3.61. The Morgan fingerprint density at radius 3 is 3.00 bits per heavy atom. The summed E-state index contributed by atoms with van der Waals surface area (Å²) < 4.78 is 10.7. The van der Waals surface area contributed by atoms with Gasteiger partial charge < -0.3 is 19.9 Å². The van der Waals surface area contributed by atoms with E-state index in [1.165, 1.54) is 0 Å². The van der Waals surface area contributed by atoms with Crippen LogP contribution in [0.1, 0.15) is 39.5 Å². The third kappa shape index (κ3) is 5.34. The monoisotopic (exact) mass is 245 g/mol. The van der Waals surface area contributed by atoms with E-state index in [2.05, 4.69) is 19.2 Å². The average molecular weight is 245 g/mol. The Morgan fingerprint density at radius 1 is 1.59 bits per heavy atom. The summed E-state index contributed by atoms with van der Waals surface area (Å²) in [5.41, 5.74) is 0.0288. The maximum absolute atomic E-state index is 9.54. The highest BCUT2D eigenvalue weighted by Crippen LogP contribution is 2.27. The molecule has 1 fully saturated rings. The number of ether oxygens (including phenoxy) is 2. The van der Waals surface area contributed by atoms with Crippen LogP contribution in [0.25, 0.3) is 0 Å². The maximum atomic E-state index is 9.54. The zero-order chi connectivity index (χ0) is 12.7. The molecule has 1 aliphatic rings. The fraction of sp³-hybridized carbons (Fsp3) is 1.00. The van der Waals surface area contributed by atoms with Gasteiger partial charge in [-0.3, -0.25) is 0 Å². The van der Waals surface area contributed by atoms with Crippen LogP contribution in [-0.4, -0.2) is 49.7 Å². The Kier molecular flexibility index (Phi) is 6.41. The predicted molar refractivity (Wildman–Crippen MR) is 68.2 cm³/mol. The van der Waals surface area contributed by atoms with Crippen molar-refractivity contribution in [3.8, 4) is 0 Å². The molecular weight excluding hydrogens is 218 g/mol. The zero-order valence-corrected chi connectivity index (χ0v) is 11.4. The molecule has 0 amide bonds. The van der Waals surface area contributed by atoms with Crippen LogP contribution in [0, 0.1) is 0 Å². The van der Waals surface area contributed by atoms with Gasteiger partial charge in [0.2, 0.25) is 0 Å². The molecule has 4 heteroatoms. The van der Waals surface area contributed by atoms with Gasteiger partial charge in [-0.05, 0) is 39.2 Å². The molecule has 0 aromatic rings. The summed E-state index contributed by atoms with van der Waals surface area (Å²) in [6.07, 6.45) is 3.57. The van der Waals surface area contributed by atoms with Gasteiger partial charge in [-0.1, -0.05) is 6.92 Å². The standard InChI is InChI=1S/C13H27NO3/c1-4-13(2)9-11(6-8-17-13)14-7-5-12(15)10-16-3/h11-12,14-15H,4-10H2,1-3H3. The van der Waals surface area contributed by atoms with Crippen molar-refractivity contribution in [1.82, 2.24) is 5.32 Å². The molecule has 0 aromatic heterocycles. The number of hydrogen-bond donors (Lipinski definition) is 2. The van der Waals surface area contributed by atoms with Gasteiger partial charge in [0.1, 0.15) is 0 Å². The lowest BCUT2D eigenvalue weighted by Gasteiger charge is -2.38. The molecule has 1 heterocycles. The molecule has 0 aliphatic carbocycles. The number of nitrogens with one attached hydrogen (secondary N) is 1. The molecule has 1 saturated heterocycles. The SMILES string of the molecule is CCC1(C)CC(NCCC(O)COC)CCO1. The molecular formula is C13H27NO3. The van der Waals surface area contributed by atoms with E-state index in [1.807, 2.05) is 0 Å². The van der Waals surface area contributed by atoms with Crippen LogP contribution in [-0.2, 0) is 9.47 Å². The number of aliphatic hydroxyl groups is 1. The topological polar surface area (TPSA) is 50.7 Å².